The van der Waals surface area contributed by atoms with Crippen molar-refractivity contribution in [2.75, 3.05) is 31.7 Å². The molecule has 2 aromatic heterocycles. The van der Waals surface area contributed by atoms with Gasteiger partial charge in [-0.25, -0.2) is 14.2 Å². The fourth-order valence-corrected chi connectivity index (χ4v) is 5.72. The Kier molecular flexibility index (Phi) is 9.61. The monoisotopic (exact) mass is 585 g/mol. The van der Waals surface area contributed by atoms with Gasteiger partial charge in [-0.2, -0.15) is 0 Å². The largest absolute Gasteiger partial charge is 0.491 e. The van der Waals surface area contributed by atoms with Gasteiger partial charge in [-0.1, -0.05) is 30.4 Å². The molecule has 3 aromatic rings. The third-order valence-corrected chi connectivity index (χ3v) is 8.00. The topological polar surface area (TPSA) is 89.5 Å². The highest BCUT2D eigenvalue weighted by Crippen LogP contribution is 2.38. The Labute approximate surface area is 243 Å². The standard InChI is InChI=1S/C29H33ClFN5O3S/c1-6-32-29(3,4)14-13-19-11-12-22(21(31)17-19)39-16-8-10-23-24(27(37)38-5)33-28(40-23)36-15-7-9-20-18(2)25(30)34-35-26(20)36/h11-12,17,32H,6-10,15-16H2,1-5H3. The van der Waals surface area contributed by atoms with Crippen LogP contribution in [-0.2, 0) is 17.6 Å². The van der Waals surface area contributed by atoms with Crippen LogP contribution in [0.15, 0.2) is 18.2 Å². The van der Waals surface area contributed by atoms with Crippen molar-refractivity contribution in [2.45, 2.75) is 58.9 Å². The van der Waals surface area contributed by atoms with Gasteiger partial charge >= 0.3 is 5.97 Å². The van der Waals surface area contributed by atoms with Crippen molar-refractivity contribution >= 4 is 39.9 Å². The number of nitrogens with one attached hydrogen (secondary N) is 1. The van der Waals surface area contributed by atoms with E-state index in [1.54, 1.807) is 12.1 Å². The summed E-state index contributed by atoms with van der Waals surface area (Å²) in [6.45, 7) is 9.66. The first kappa shape index (κ1) is 29.7. The molecule has 1 aliphatic rings. The number of hydrogen-bond acceptors (Lipinski definition) is 9. The molecule has 0 atom stereocenters. The van der Waals surface area contributed by atoms with E-state index >= 15 is 0 Å². The Morgan fingerprint density at radius 3 is 2.85 bits per heavy atom. The molecule has 40 heavy (non-hydrogen) atoms. The first-order chi connectivity index (χ1) is 19.1. The zero-order valence-electron chi connectivity index (χ0n) is 23.4. The number of aromatic nitrogens is 3. The fraction of sp³-hybridized carbons (Fsp3) is 0.448. The molecule has 0 bridgehead atoms. The maximum absolute atomic E-state index is 14.7. The number of hydrogen-bond donors (Lipinski definition) is 1. The number of carbonyl (C=O) groups is 1. The zero-order chi connectivity index (χ0) is 28.9. The third kappa shape index (κ3) is 6.89. The smallest absolute Gasteiger partial charge is 0.357 e. The number of fused-ring (bicyclic) bond motifs is 1. The molecular weight excluding hydrogens is 553 g/mol. The lowest BCUT2D eigenvalue weighted by Crippen LogP contribution is -2.37. The number of nitrogens with zero attached hydrogens (tertiary/aromatic N) is 4. The summed E-state index contributed by atoms with van der Waals surface area (Å²) in [7, 11) is 1.33. The second-order valence-corrected chi connectivity index (χ2v) is 11.4. The van der Waals surface area contributed by atoms with Crippen molar-refractivity contribution < 1.29 is 18.7 Å². The van der Waals surface area contributed by atoms with Crippen LogP contribution in [-0.4, -0.2) is 53.5 Å². The summed E-state index contributed by atoms with van der Waals surface area (Å²) >= 11 is 7.60. The van der Waals surface area contributed by atoms with Gasteiger partial charge in [0.1, 0.15) is 0 Å². The van der Waals surface area contributed by atoms with Gasteiger partial charge in [-0.3, -0.25) is 0 Å². The zero-order valence-corrected chi connectivity index (χ0v) is 24.9. The Bertz CT molecular complexity index is 1450. The highest BCUT2D eigenvalue weighted by atomic mass is 35.5. The molecule has 0 saturated carbocycles. The molecule has 0 saturated heterocycles. The van der Waals surface area contributed by atoms with E-state index < -0.39 is 11.8 Å². The number of thiazole rings is 1. The van der Waals surface area contributed by atoms with Crippen LogP contribution in [0.5, 0.6) is 5.75 Å². The SMILES string of the molecule is CCNC(C)(C)C#Cc1ccc(OCCCc2sc(N3CCCc4c3nnc(Cl)c4C)nc2C(=O)OC)c(F)c1. The number of rotatable bonds is 9. The van der Waals surface area contributed by atoms with Gasteiger partial charge in [-0.15, -0.1) is 21.5 Å². The van der Waals surface area contributed by atoms with Crippen molar-refractivity contribution in [1.29, 1.82) is 0 Å². The number of carbonyl (C=O) groups excluding carboxylic acids is 1. The van der Waals surface area contributed by atoms with Gasteiger partial charge in [0.15, 0.2) is 33.4 Å². The second-order valence-electron chi connectivity index (χ2n) is 9.94. The minimum atomic E-state index is -0.505. The first-order valence-electron chi connectivity index (χ1n) is 13.2. The number of anilines is 2. The molecule has 8 nitrogen and oxygen atoms in total. The highest BCUT2D eigenvalue weighted by Gasteiger charge is 2.28. The van der Waals surface area contributed by atoms with E-state index in [9.17, 15) is 9.18 Å². The molecule has 0 radical (unpaired) electrons. The molecule has 1 aliphatic heterocycles. The Morgan fingerprint density at radius 1 is 1.32 bits per heavy atom. The third-order valence-electron chi connectivity index (χ3n) is 6.50. The summed E-state index contributed by atoms with van der Waals surface area (Å²) in [4.78, 5) is 19.9. The molecule has 3 heterocycles. The second kappa shape index (κ2) is 12.9. The van der Waals surface area contributed by atoms with Crippen LogP contribution in [0, 0.1) is 24.6 Å². The van der Waals surface area contributed by atoms with Crippen molar-refractivity contribution in [2.24, 2.45) is 0 Å². The van der Waals surface area contributed by atoms with E-state index in [0.29, 0.717) is 41.1 Å². The molecule has 0 spiro atoms. The number of methoxy groups -OCH3 is 1. The van der Waals surface area contributed by atoms with Gasteiger partial charge < -0.3 is 19.7 Å². The summed E-state index contributed by atoms with van der Waals surface area (Å²) in [6, 6.07) is 4.71. The van der Waals surface area contributed by atoms with E-state index in [-0.39, 0.29) is 23.6 Å². The number of aryl methyl sites for hydroxylation is 1. The Balaban J connectivity index is 1.43. The van der Waals surface area contributed by atoms with Crippen molar-refractivity contribution in [3.63, 3.8) is 0 Å². The lowest BCUT2D eigenvalue weighted by Gasteiger charge is -2.28. The quantitative estimate of drug-likeness (QED) is 0.196. The van der Waals surface area contributed by atoms with E-state index in [4.69, 9.17) is 21.1 Å². The van der Waals surface area contributed by atoms with Crippen LogP contribution in [0.4, 0.5) is 15.3 Å². The summed E-state index contributed by atoms with van der Waals surface area (Å²) in [5, 5.41) is 12.7. The van der Waals surface area contributed by atoms with Crippen LogP contribution >= 0.6 is 22.9 Å². The molecule has 11 heteroatoms. The summed E-state index contributed by atoms with van der Waals surface area (Å²) in [5.74, 6) is 6.03. The summed E-state index contributed by atoms with van der Waals surface area (Å²) in [5.41, 5.74) is 2.43. The number of esters is 1. The van der Waals surface area contributed by atoms with Crippen LogP contribution in [0.2, 0.25) is 5.15 Å². The van der Waals surface area contributed by atoms with E-state index in [0.717, 1.165) is 35.4 Å². The maximum Gasteiger partial charge on any atom is 0.357 e. The first-order valence-corrected chi connectivity index (χ1v) is 14.4. The Morgan fingerprint density at radius 2 is 2.12 bits per heavy atom. The summed E-state index contributed by atoms with van der Waals surface area (Å²) in [6.07, 6.45) is 2.81. The average Bonchev–Trinajstić information content (AvgIpc) is 3.36. The molecule has 1 N–H and O–H groups in total. The van der Waals surface area contributed by atoms with Gasteiger partial charge in [0.25, 0.3) is 0 Å². The van der Waals surface area contributed by atoms with Gasteiger partial charge in [-0.05, 0) is 76.8 Å². The predicted octanol–water partition coefficient (Wildman–Crippen LogP) is 5.66. The average molecular weight is 586 g/mol. The number of halogens is 2. The van der Waals surface area contributed by atoms with Gasteiger partial charge in [0.05, 0.1) is 19.3 Å². The van der Waals surface area contributed by atoms with E-state index in [1.165, 1.54) is 24.5 Å². The minimum absolute atomic E-state index is 0.159. The maximum atomic E-state index is 14.7. The Hall–Kier alpha value is -3.26. The molecule has 0 amide bonds. The van der Waals surface area contributed by atoms with Crippen LogP contribution in [0.3, 0.4) is 0 Å². The van der Waals surface area contributed by atoms with Gasteiger partial charge in [0.2, 0.25) is 0 Å². The van der Waals surface area contributed by atoms with Crippen molar-refractivity contribution in [3.8, 4) is 17.6 Å². The van der Waals surface area contributed by atoms with Crippen LogP contribution < -0.4 is 15.0 Å². The normalized spacial score (nSPS) is 12.9. The lowest BCUT2D eigenvalue weighted by molar-refractivity contribution is 0.0593. The molecule has 0 fully saturated rings. The van der Waals surface area contributed by atoms with Crippen LogP contribution in [0.25, 0.3) is 0 Å². The molecular formula is C29H33ClFN5O3S. The molecule has 212 valence electrons. The summed E-state index contributed by atoms with van der Waals surface area (Å²) < 4.78 is 25.4. The molecule has 4 rings (SSSR count). The number of benzene rings is 1. The lowest BCUT2D eigenvalue weighted by atomic mass is 10.0. The molecule has 1 aromatic carbocycles. The highest BCUT2D eigenvalue weighted by molar-refractivity contribution is 7.16. The fourth-order valence-electron chi connectivity index (χ4n) is 4.45. The van der Waals surface area contributed by atoms with Crippen LogP contribution in [0.1, 0.15) is 65.7 Å². The van der Waals surface area contributed by atoms with E-state index in [1.807, 2.05) is 32.6 Å². The molecule has 0 aliphatic carbocycles. The predicted molar refractivity (Wildman–Crippen MR) is 155 cm³/mol. The van der Waals surface area contributed by atoms with Crippen molar-refractivity contribution in [1.82, 2.24) is 20.5 Å². The van der Waals surface area contributed by atoms with Crippen molar-refractivity contribution in [3.05, 3.63) is 56.4 Å². The van der Waals surface area contributed by atoms with Gasteiger partial charge in [0, 0.05) is 22.5 Å². The van der Waals surface area contributed by atoms with E-state index in [2.05, 4.69) is 32.3 Å². The number of ether oxygens (including phenoxy) is 2. The minimum Gasteiger partial charge on any atom is -0.491 e. The molecule has 0 unspecified atom stereocenters.